The van der Waals surface area contributed by atoms with Crippen molar-refractivity contribution in [3.8, 4) is 5.75 Å². The number of carbonyl (C=O) groups is 3. The van der Waals surface area contributed by atoms with Crippen LogP contribution in [0.1, 0.15) is 22.3 Å². The molecule has 2 amide bonds. The second-order valence-corrected chi connectivity index (χ2v) is 13.5. The van der Waals surface area contributed by atoms with Gasteiger partial charge in [0.25, 0.3) is 5.91 Å². The van der Waals surface area contributed by atoms with Gasteiger partial charge in [0, 0.05) is 27.9 Å². The van der Waals surface area contributed by atoms with Crippen molar-refractivity contribution in [2.45, 2.75) is 41.6 Å². The molecule has 1 saturated heterocycles. The van der Waals surface area contributed by atoms with Crippen LogP contribution in [0.2, 0.25) is 0 Å². The number of hydrogen-bond acceptors (Lipinski definition) is 10. The predicted molar refractivity (Wildman–Crippen MR) is 178 cm³/mol. The summed E-state index contributed by atoms with van der Waals surface area (Å²) in [7, 11) is 1.58. The Morgan fingerprint density at radius 2 is 1.73 bits per heavy atom. The number of nitrogens with one attached hydrogen (secondary N) is 2. The molecule has 234 valence electrons. The van der Waals surface area contributed by atoms with Gasteiger partial charge in [0.1, 0.15) is 29.5 Å². The molecule has 3 aromatic carbocycles. The molecule has 0 spiro atoms. The summed E-state index contributed by atoms with van der Waals surface area (Å²) in [4.78, 5) is 43.1. The molecule has 5 rings (SSSR count). The van der Waals surface area contributed by atoms with Crippen LogP contribution in [0, 0.1) is 5.41 Å². The SMILES string of the molecule is COc1ccc(COC(=O)C2=C(Sc3ccccc3CSC(=N)N)CS[C@@H]3[C@H](NC(=O)Cc4ccc(CN)cc4)C(=O)N23)cc1. The molecule has 0 bridgehead atoms. The van der Waals surface area contributed by atoms with E-state index in [0.717, 1.165) is 27.1 Å². The van der Waals surface area contributed by atoms with E-state index >= 15 is 0 Å². The molecular weight excluding hydrogens is 631 g/mol. The van der Waals surface area contributed by atoms with Crippen LogP contribution < -0.4 is 21.5 Å². The Kier molecular flexibility index (Phi) is 10.8. The summed E-state index contributed by atoms with van der Waals surface area (Å²) in [6.07, 6.45) is 0.120. The average molecular weight is 664 g/mol. The highest BCUT2D eigenvalue weighted by Gasteiger charge is 2.54. The number of methoxy groups -OCH3 is 1. The number of β-lactam (4-membered cyclic amide) rings is 1. The van der Waals surface area contributed by atoms with Crippen LogP contribution in [-0.4, -0.2) is 52.1 Å². The van der Waals surface area contributed by atoms with Gasteiger partial charge in [-0.2, -0.15) is 0 Å². The fraction of sp³-hybridized carbons (Fsp3) is 0.250. The number of nitrogens with zero attached hydrogens (tertiary/aromatic N) is 1. The van der Waals surface area contributed by atoms with E-state index < -0.39 is 17.4 Å². The topological polar surface area (TPSA) is 161 Å². The van der Waals surface area contributed by atoms with Crippen molar-refractivity contribution in [1.82, 2.24) is 10.2 Å². The first-order valence-electron chi connectivity index (χ1n) is 14.0. The van der Waals surface area contributed by atoms with Gasteiger partial charge in [0.15, 0.2) is 5.17 Å². The van der Waals surface area contributed by atoms with E-state index in [1.807, 2.05) is 60.7 Å². The number of rotatable bonds is 12. The summed E-state index contributed by atoms with van der Waals surface area (Å²) in [5.74, 6) is 0.352. The van der Waals surface area contributed by atoms with E-state index in [4.69, 9.17) is 26.4 Å². The molecule has 1 fully saturated rings. The maximum absolute atomic E-state index is 13.7. The number of benzene rings is 3. The van der Waals surface area contributed by atoms with Crippen molar-refractivity contribution in [2.24, 2.45) is 11.5 Å². The van der Waals surface area contributed by atoms with Gasteiger partial charge < -0.3 is 26.3 Å². The molecule has 0 unspecified atom stereocenters. The predicted octanol–water partition coefficient (Wildman–Crippen LogP) is 3.97. The zero-order valence-corrected chi connectivity index (χ0v) is 26.9. The molecule has 0 aromatic heterocycles. The Hall–Kier alpha value is -3.91. The number of nitrogens with two attached hydrogens (primary N) is 2. The number of fused-ring (bicyclic) bond motifs is 1. The maximum atomic E-state index is 13.7. The zero-order chi connectivity index (χ0) is 31.9. The molecule has 0 saturated carbocycles. The highest BCUT2D eigenvalue weighted by molar-refractivity contribution is 8.13. The first kappa shape index (κ1) is 32.5. The standard InChI is InChI=1S/C32H33N5O5S3/c1-41-23-12-10-21(11-13-23)16-42-31(40)28-25(45-24-5-3-2-4-22(24)17-44-32(34)35)18-43-30-27(29(39)37(28)30)36-26(38)14-19-6-8-20(15-33)9-7-19/h2-13,27,30H,14-18,33H2,1H3,(H3,34,35)(H,36,38)/t27-,30-/m1/s1. The number of ether oxygens (including phenoxy) is 2. The molecule has 3 aromatic rings. The summed E-state index contributed by atoms with van der Waals surface area (Å²) in [6, 6.07) is 21.6. The average Bonchev–Trinajstić information content (AvgIpc) is 3.06. The minimum Gasteiger partial charge on any atom is -0.497 e. The number of esters is 1. The van der Waals surface area contributed by atoms with Crippen molar-refractivity contribution in [3.63, 3.8) is 0 Å². The molecule has 0 aliphatic carbocycles. The van der Waals surface area contributed by atoms with Gasteiger partial charge in [-0.15, -0.1) is 11.8 Å². The van der Waals surface area contributed by atoms with Gasteiger partial charge >= 0.3 is 5.97 Å². The van der Waals surface area contributed by atoms with Crippen LogP contribution in [0.25, 0.3) is 0 Å². The second kappa shape index (κ2) is 14.9. The van der Waals surface area contributed by atoms with Crippen molar-refractivity contribution in [3.05, 3.63) is 106 Å². The molecule has 13 heteroatoms. The van der Waals surface area contributed by atoms with E-state index in [1.165, 1.54) is 40.2 Å². The van der Waals surface area contributed by atoms with Gasteiger partial charge in [-0.3, -0.25) is 19.9 Å². The van der Waals surface area contributed by atoms with Crippen molar-refractivity contribution >= 4 is 58.2 Å². The lowest BCUT2D eigenvalue weighted by atomic mass is 10.0. The van der Waals surface area contributed by atoms with Gasteiger partial charge in [-0.25, -0.2) is 4.79 Å². The molecule has 6 N–H and O–H groups in total. The van der Waals surface area contributed by atoms with Crippen molar-refractivity contribution in [1.29, 1.82) is 5.41 Å². The number of hydrogen-bond donors (Lipinski definition) is 4. The Labute approximate surface area is 274 Å². The number of carbonyl (C=O) groups excluding carboxylic acids is 3. The third kappa shape index (κ3) is 7.85. The molecule has 2 aliphatic heterocycles. The van der Waals surface area contributed by atoms with Gasteiger partial charge in [-0.05, 0) is 40.5 Å². The zero-order valence-electron chi connectivity index (χ0n) is 24.5. The van der Waals surface area contributed by atoms with E-state index in [1.54, 1.807) is 19.2 Å². The maximum Gasteiger partial charge on any atom is 0.356 e. The molecule has 45 heavy (non-hydrogen) atoms. The Morgan fingerprint density at radius 3 is 2.42 bits per heavy atom. The Balaban J connectivity index is 1.35. The lowest BCUT2D eigenvalue weighted by Crippen LogP contribution is -2.70. The first-order chi connectivity index (χ1) is 21.8. The molecule has 2 heterocycles. The van der Waals surface area contributed by atoms with Crippen molar-refractivity contribution < 1.29 is 23.9 Å². The Morgan fingerprint density at radius 1 is 1.04 bits per heavy atom. The summed E-state index contributed by atoms with van der Waals surface area (Å²) < 4.78 is 10.9. The normalized spacial score (nSPS) is 17.3. The van der Waals surface area contributed by atoms with E-state index in [-0.39, 0.29) is 35.7 Å². The van der Waals surface area contributed by atoms with E-state index in [2.05, 4.69) is 5.32 Å². The Bertz CT molecular complexity index is 1610. The molecule has 0 radical (unpaired) electrons. The lowest BCUT2D eigenvalue weighted by molar-refractivity contribution is -0.153. The van der Waals surface area contributed by atoms with E-state index in [0.29, 0.717) is 28.7 Å². The van der Waals surface area contributed by atoms with Crippen LogP contribution >= 0.6 is 35.3 Å². The minimum atomic E-state index is -0.763. The summed E-state index contributed by atoms with van der Waals surface area (Å²) in [5.41, 5.74) is 14.9. The van der Waals surface area contributed by atoms with Gasteiger partial charge in [0.05, 0.1) is 13.5 Å². The highest BCUT2D eigenvalue weighted by atomic mass is 32.2. The summed E-state index contributed by atoms with van der Waals surface area (Å²) in [5, 5.41) is 10.0. The van der Waals surface area contributed by atoms with Crippen molar-refractivity contribution in [2.75, 3.05) is 12.9 Å². The third-order valence-electron chi connectivity index (χ3n) is 7.18. The van der Waals surface area contributed by atoms with Crippen LogP contribution in [0.5, 0.6) is 5.75 Å². The monoisotopic (exact) mass is 663 g/mol. The smallest absolute Gasteiger partial charge is 0.356 e. The third-order valence-corrected chi connectivity index (χ3v) is 10.6. The van der Waals surface area contributed by atoms with Crippen LogP contribution in [-0.2, 0) is 44.4 Å². The largest absolute Gasteiger partial charge is 0.497 e. The summed E-state index contributed by atoms with van der Waals surface area (Å²) >= 11 is 4.09. The quantitative estimate of drug-likeness (QED) is 0.0966. The van der Waals surface area contributed by atoms with E-state index in [9.17, 15) is 14.4 Å². The fourth-order valence-corrected chi connectivity index (χ4v) is 8.06. The lowest BCUT2D eigenvalue weighted by Gasteiger charge is -2.49. The number of thioether (sulfide) groups is 3. The minimum absolute atomic E-state index is 0.0130. The molecule has 2 atom stereocenters. The molecule has 2 aliphatic rings. The van der Waals surface area contributed by atoms with Gasteiger partial charge in [-0.1, -0.05) is 78.1 Å². The molecular formula is C32H33N5O5S3. The summed E-state index contributed by atoms with van der Waals surface area (Å²) in [6.45, 7) is 0.429. The van der Waals surface area contributed by atoms with Crippen LogP contribution in [0.15, 0.2) is 88.3 Å². The first-order valence-corrected chi connectivity index (χ1v) is 16.9. The second-order valence-electron chi connectivity index (χ2n) is 10.2. The van der Waals surface area contributed by atoms with Crippen LogP contribution in [0.4, 0.5) is 0 Å². The van der Waals surface area contributed by atoms with Gasteiger partial charge in [0.2, 0.25) is 5.91 Å². The molecule has 10 nitrogen and oxygen atoms in total. The fourth-order valence-electron chi connectivity index (χ4n) is 4.81. The number of amides is 2. The van der Waals surface area contributed by atoms with Crippen LogP contribution in [0.3, 0.4) is 0 Å². The number of amidine groups is 1. The highest BCUT2D eigenvalue weighted by Crippen LogP contribution is 2.46.